The summed E-state index contributed by atoms with van der Waals surface area (Å²) in [5, 5.41) is -1.06. The van der Waals surface area contributed by atoms with Crippen molar-refractivity contribution in [1.82, 2.24) is 9.97 Å². The number of aromatic amines is 1. The van der Waals surface area contributed by atoms with Crippen molar-refractivity contribution in [2.75, 3.05) is 0 Å². The molecular formula is C23H38N2O6S2. The summed E-state index contributed by atoms with van der Waals surface area (Å²) >= 11 is 0. The van der Waals surface area contributed by atoms with Crippen LogP contribution in [0.3, 0.4) is 0 Å². The lowest BCUT2D eigenvalue weighted by molar-refractivity contribution is 0.466. The van der Waals surface area contributed by atoms with Crippen molar-refractivity contribution in [2.24, 2.45) is 0 Å². The van der Waals surface area contributed by atoms with Crippen molar-refractivity contribution in [2.45, 2.75) is 107 Å². The molecule has 0 fully saturated rings. The van der Waals surface area contributed by atoms with E-state index in [1.54, 1.807) is 0 Å². The summed E-state index contributed by atoms with van der Waals surface area (Å²) < 4.78 is 65.3. The molecule has 1 heterocycles. The van der Waals surface area contributed by atoms with E-state index in [4.69, 9.17) is 0 Å². The number of nitrogens with zero attached hydrogens (tertiary/aromatic N) is 1. The first kappa shape index (κ1) is 27.8. The Kier molecular flexibility index (Phi) is 10.8. The standard InChI is InChI=1S/C23H38N2O6S2/c1-3-4-5-6-7-8-9-10-11-12-13-22-24-20-16-17-21(33(29,30)31)19(23(20)25-22)15-14-18(2)32(26,27)28/h16-18H,3-15H2,1-2H3,(H,24,25)(H,26,27,28)(H,29,30,31). The Hall–Kier alpha value is -1.49. The van der Waals surface area contributed by atoms with E-state index in [0.29, 0.717) is 11.0 Å². The Bertz CT molecular complexity index is 1090. The molecule has 0 amide bonds. The van der Waals surface area contributed by atoms with Crippen molar-refractivity contribution in [3.63, 3.8) is 0 Å². The van der Waals surface area contributed by atoms with Crippen molar-refractivity contribution in [3.05, 3.63) is 23.5 Å². The van der Waals surface area contributed by atoms with Crippen LogP contribution in [0.15, 0.2) is 17.0 Å². The quantitative estimate of drug-likeness (QED) is 0.204. The molecular weight excluding hydrogens is 464 g/mol. The summed E-state index contributed by atoms with van der Waals surface area (Å²) in [5.41, 5.74) is 1.33. The number of unbranched alkanes of at least 4 members (excludes halogenated alkanes) is 9. The van der Waals surface area contributed by atoms with Crippen LogP contribution in [0.5, 0.6) is 0 Å². The van der Waals surface area contributed by atoms with Gasteiger partial charge in [0.05, 0.1) is 21.2 Å². The first-order chi connectivity index (χ1) is 15.5. The number of H-pyrrole nitrogens is 1. The van der Waals surface area contributed by atoms with Crippen LogP contribution in [0.4, 0.5) is 0 Å². The van der Waals surface area contributed by atoms with Crippen LogP contribution >= 0.6 is 0 Å². The van der Waals surface area contributed by atoms with Gasteiger partial charge in [0.15, 0.2) is 0 Å². The van der Waals surface area contributed by atoms with E-state index < -0.39 is 25.5 Å². The molecule has 2 aromatic rings. The van der Waals surface area contributed by atoms with Gasteiger partial charge >= 0.3 is 0 Å². The van der Waals surface area contributed by atoms with Crippen LogP contribution in [-0.4, -0.2) is 41.2 Å². The van der Waals surface area contributed by atoms with Crippen LogP contribution in [0.25, 0.3) is 11.0 Å². The zero-order chi connectivity index (χ0) is 24.5. The largest absolute Gasteiger partial charge is 0.342 e. The number of fused-ring (bicyclic) bond motifs is 1. The molecule has 0 aliphatic rings. The Morgan fingerprint density at radius 3 is 2.00 bits per heavy atom. The molecule has 0 bridgehead atoms. The van der Waals surface area contributed by atoms with Crippen molar-refractivity contribution in [3.8, 4) is 0 Å². The van der Waals surface area contributed by atoms with E-state index in [2.05, 4.69) is 16.9 Å². The maximum atomic E-state index is 11.9. The fourth-order valence-corrected chi connectivity index (χ4v) is 5.22. The van der Waals surface area contributed by atoms with Gasteiger partial charge in [0.1, 0.15) is 5.82 Å². The lowest BCUT2D eigenvalue weighted by atomic mass is 10.1. The van der Waals surface area contributed by atoms with E-state index in [1.165, 1.54) is 70.4 Å². The number of aromatic nitrogens is 2. The average Bonchev–Trinajstić information content (AvgIpc) is 3.14. The lowest BCUT2D eigenvalue weighted by Crippen LogP contribution is -2.18. The van der Waals surface area contributed by atoms with Crippen LogP contribution in [-0.2, 0) is 33.1 Å². The molecule has 0 saturated heterocycles. The normalized spacial score (nSPS) is 13.6. The Labute approximate surface area is 198 Å². The molecule has 8 nitrogen and oxygen atoms in total. The smallest absolute Gasteiger partial charge is 0.294 e. The molecule has 1 aromatic heterocycles. The number of aryl methyl sites for hydroxylation is 2. The summed E-state index contributed by atoms with van der Waals surface area (Å²) in [5.74, 6) is 0.737. The monoisotopic (exact) mass is 502 g/mol. The van der Waals surface area contributed by atoms with Crippen LogP contribution < -0.4 is 0 Å². The predicted octanol–water partition coefficient (Wildman–Crippen LogP) is 5.48. The first-order valence-electron chi connectivity index (χ1n) is 12.0. The second-order valence-electron chi connectivity index (χ2n) is 8.89. The SMILES string of the molecule is CCCCCCCCCCCCc1nc2ccc(S(=O)(=O)O)c(CCC(C)S(=O)(=O)O)c2[nH]1. The molecule has 1 aromatic carbocycles. The van der Waals surface area contributed by atoms with Gasteiger partial charge in [-0.1, -0.05) is 64.7 Å². The molecule has 0 spiro atoms. The third-order valence-corrected chi connectivity index (χ3v) is 8.32. The van der Waals surface area contributed by atoms with Gasteiger partial charge in [-0.05, 0) is 43.9 Å². The Morgan fingerprint density at radius 2 is 1.45 bits per heavy atom. The molecule has 0 radical (unpaired) electrons. The van der Waals surface area contributed by atoms with Gasteiger partial charge in [0.25, 0.3) is 20.2 Å². The Balaban J connectivity index is 1.99. The Morgan fingerprint density at radius 1 is 0.879 bits per heavy atom. The molecule has 188 valence electrons. The summed E-state index contributed by atoms with van der Waals surface area (Å²) in [6.07, 6.45) is 13.1. The molecule has 10 heteroatoms. The van der Waals surface area contributed by atoms with Crippen molar-refractivity contribution >= 4 is 31.3 Å². The predicted molar refractivity (Wildman–Crippen MR) is 131 cm³/mol. The summed E-state index contributed by atoms with van der Waals surface area (Å²) in [4.78, 5) is 7.45. The van der Waals surface area contributed by atoms with Crippen LogP contribution in [0.1, 0.15) is 95.9 Å². The molecule has 3 N–H and O–H groups in total. The van der Waals surface area contributed by atoms with Crippen molar-refractivity contribution < 1.29 is 25.9 Å². The number of benzene rings is 1. The van der Waals surface area contributed by atoms with E-state index >= 15 is 0 Å². The van der Waals surface area contributed by atoms with Gasteiger partial charge in [-0.25, -0.2) is 4.98 Å². The second kappa shape index (κ2) is 12.8. The maximum absolute atomic E-state index is 11.9. The molecule has 0 aliphatic carbocycles. The van der Waals surface area contributed by atoms with Gasteiger partial charge in [-0.15, -0.1) is 0 Å². The highest BCUT2D eigenvalue weighted by Gasteiger charge is 2.23. The highest BCUT2D eigenvalue weighted by atomic mass is 32.2. The highest BCUT2D eigenvalue weighted by molar-refractivity contribution is 7.86. The van der Waals surface area contributed by atoms with Gasteiger partial charge in [-0.2, -0.15) is 16.8 Å². The summed E-state index contributed by atoms with van der Waals surface area (Å²) in [6.45, 7) is 3.58. The van der Waals surface area contributed by atoms with Crippen molar-refractivity contribution in [1.29, 1.82) is 0 Å². The van der Waals surface area contributed by atoms with Gasteiger partial charge in [0, 0.05) is 6.42 Å². The van der Waals surface area contributed by atoms with Gasteiger partial charge in [-0.3, -0.25) is 9.11 Å². The molecule has 2 rings (SSSR count). The highest BCUT2D eigenvalue weighted by Crippen LogP contribution is 2.27. The minimum Gasteiger partial charge on any atom is -0.342 e. The number of imidazole rings is 1. The van der Waals surface area contributed by atoms with Gasteiger partial charge < -0.3 is 4.98 Å². The molecule has 1 atom stereocenters. The number of hydrogen-bond donors (Lipinski definition) is 3. The van der Waals surface area contributed by atoms with E-state index in [0.717, 1.165) is 25.1 Å². The number of rotatable bonds is 16. The van der Waals surface area contributed by atoms with E-state index in [1.807, 2.05) is 0 Å². The third kappa shape index (κ3) is 8.99. The van der Waals surface area contributed by atoms with E-state index in [9.17, 15) is 25.9 Å². The zero-order valence-corrected chi connectivity index (χ0v) is 21.3. The maximum Gasteiger partial charge on any atom is 0.294 e. The molecule has 1 unspecified atom stereocenters. The fourth-order valence-electron chi connectivity index (χ4n) is 4.05. The first-order valence-corrected chi connectivity index (χ1v) is 14.9. The van der Waals surface area contributed by atoms with Gasteiger partial charge in [0.2, 0.25) is 0 Å². The average molecular weight is 503 g/mol. The van der Waals surface area contributed by atoms with E-state index in [-0.39, 0.29) is 23.3 Å². The lowest BCUT2D eigenvalue weighted by Gasteiger charge is -2.11. The second-order valence-corrected chi connectivity index (χ2v) is 12.1. The minimum atomic E-state index is -4.50. The van der Waals surface area contributed by atoms with Crippen LogP contribution in [0, 0.1) is 0 Å². The minimum absolute atomic E-state index is 0.00721. The number of nitrogens with one attached hydrogen (secondary N) is 1. The zero-order valence-electron chi connectivity index (χ0n) is 19.7. The fraction of sp³-hybridized carbons (Fsp3) is 0.696. The third-order valence-electron chi connectivity index (χ3n) is 6.13. The summed E-state index contributed by atoms with van der Waals surface area (Å²) in [7, 11) is -8.73. The number of hydrogen-bond acceptors (Lipinski definition) is 5. The topological polar surface area (TPSA) is 137 Å². The molecule has 33 heavy (non-hydrogen) atoms. The molecule has 0 aliphatic heterocycles. The summed E-state index contributed by atoms with van der Waals surface area (Å²) in [6, 6.07) is 2.82. The van der Waals surface area contributed by atoms with Crippen LogP contribution in [0.2, 0.25) is 0 Å². The molecule has 0 saturated carbocycles.